The summed E-state index contributed by atoms with van der Waals surface area (Å²) in [7, 11) is 1.54. The Labute approximate surface area is 220 Å². The summed E-state index contributed by atoms with van der Waals surface area (Å²) in [6, 6.07) is -0.100. The minimum absolute atomic E-state index is 0.00645. The molecule has 0 spiro atoms. The van der Waals surface area contributed by atoms with Gasteiger partial charge in [-0.3, -0.25) is 15.0 Å². The standard InChI is InChI=1S/C27H45N3O7/c1-16(8-11-23-26(34)27(5,35-6)15-20(37-23)14-25(33)30-28)7-10-22-17(2)13-21(19(4)36-22)29-24(32)12-9-18(3)31/h7-9,11-12,17-23,26,31,34H,10,13-15,28H2,1-6H3,(H,29,32)(H,30,33)/b11-8+,12-9-,16-7+/t17?,18?,19?,20-,21?,22?,23?,26-,27?/m1/s1. The van der Waals surface area contributed by atoms with Crippen molar-refractivity contribution < 1.29 is 34.0 Å². The molecule has 6 N–H and O–H groups in total. The molecule has 0 aromatic heterocycles. The van der Waals surface area contributed by atoms with Crippen molar-refractivity contribution in [1.29, 1.82) is 0 Å². The first kappa shape index (κ1) is 31.1. The highest BCUT2D eigenvalue weighted by atomic mass is 16.5. The lowest BCUT2D eigenvalue weighted by Gasteiger charge is -2.44. The first-order valence-corrected chi connectivity index (χ1v) is 12.9. The minimum Gasteiger partial charge on any atom is -0.389 e. The fourth-order valence-electron chi connectivity index (χ4n) is 4.79. The first-order valence-electron chi connectivity index (χ1n) is 12.9. The van der Waals surface area contributed by atoms with Gasteiger partial charge in [-0.05, 0) is 46.5 Å². The Kier molecular flexibility index (Phi) is 11.9. The second-order valence-corrected chi connectivity index (χ2v) is 10.5. The predicted octanol–water partition coefficient (Wildman–Crippen LogP) is 1.42. The van der Waals surface area contributed by atoms with Gasteiger partial charge < -0.3 is 29.7 Å². The van der Waals surface area contributed by atoms with Crippen LogP contribution in [0.2, 0.25) is 0 Å². The predicted molar refractivity (Wildman–Crippen MR) is 140 cm³/mol. The van der Waals surface area contributed by atoms with Gasteiger partial charge in [-0.25, -0.2) is 5.84 Å². The van der Waals surface area contributed by atoms with Crippen molar-refractivity contribution in [2.75, 3.05) is 7.11 Å². The van der Waals surface area contributed by atoms with Crippen LogP contribution in [0.5, 0.6) is 0 Å². The Bertz CT molecular complexity index is 859. The van der Waals surface area contributed by atoms with E-state index in [-0.39, 0.29) is 42.4 Å². The Morgan fingerprint density at radius 1 is 1.27 bits per heavy atom. The molecule has 10 heteroatoms. The normalized spacial score (nSPS) is 36.0. The number of rotatable bonds is 10. The molecule has 210 valence electrons. The zero-order chi connectivity index (χ0) is 27.8. The third kappa shape index (κ3) is 9.31. The number of hydrogen-bond donors (Lipinski definition) is 5. The first-order chi connectivity index (χ1) is 17.4. The maximum Gasteiger partial charge on any atom is 0.244 e. The quantitative estimate of drug-likeness (QED) is 0.0948. The van der Waals surface area contributed by atoms with E-state index >= 15 is 0 Å². The molecule has 2 rings (SSSR count). The monoisotopic (exact) mass is 523 g/mol. The van der Waals surface area contributed by atoms with Crippen molar-refractivity contribution in [2.45, 2.75) is 109 Å². The summed E-state index contributed by atoms with van der Waals surface area (Å²) in [6.07, 6.45) is 7.71. The summed E-state index contributed by atoms with van der Waals surface area (Å²) in [4.78, 5) is 23.8. The van der Waals surface area contributed by atoms with Crippen molar-refractivity contribution in [2.24, 2.45) is 11.8 Å². The maximum absolute atomic E-state index is 12.1. The van der Waals surface area contributed by atoms with Crippen molar-refractivity contribution in [3.63, 3.8) is 0 Å². The average molecular weight is 524 g/mol. The number of nitrogens with two attached hydrogens (primary N) is 1. The average Bonchev–Trinajstić information content (AvgIpc) is 2.84. The number of ether oxygens (including phenoxy) is 3. The van der Waals surface area contributed by atoms with Crippen molar-refractivity contribution in [3.05, 3.63) is 36.0 Å². The Balaban J connectivity index is 1.96. The Morgan fingerprint density at radius 2 is 1.97 bits per heavy atom. The maximum atomic E-state index is 12.1. The number of amides is 2. The van der Waals surface area contributed by atoms with E-state index in [0.717, 1.165) is 12.0 Å². The molecule has 0 aliphatic carbocycles. The van der Waals surface area contributed by atoms with Crippen molar-refractivity contribution >= 4 is 11.8 Å². The minimum atomic E-state index is -0.899. The molecular weight excluding hydrogens is 478 g/mol. The zero-order valence-electron chi connectivity index (χ0n) is 22.8. The number of aliphatic hydroxyl groups excluding tert-OH is 2. The van der Waals surface area contributed by atoms with E-state index < -0.39 is 30.0 Å². The van der Waals surface area contributed by atoms with E-state index in [0.29, 0.717) is 12.8 Å². The van der Waals surface area contributed by atoms with E-state index in [1.165, 1.54) is 19.3 Å². The van der Waals surface area contributed by atoms with E-state index in [9.17, 15) is 19.8 Å². The summed E-state index contributed by atoms with van der Waals surface area (Å²) in [5.74, 6) is 4.87. The Morgan fingerprint density at radius 3 is 2.59 bits per heavy atom. The van der Waals surface area contributed by atoms with Crippen LogP contribution in [0.4, 0.5) is 0 Å². The molecule has 0 bridgehead atoms. The second kappa shape index (κ2) is 14.2. The van der Waals surface area contributed by atoms with Crippen LogP contribution in [0.25, 0.3) is 0 Å². The summed E-state index contributed by atoms with van der Waals surface area (Å²) >= 11 is 0. The summed E-state index contributed by atoms with van der Waals surface area (Å²) in [5, 5.41) is 23.1. The lowest BCUT2D eigenvalue weighted by Crippen LogP contribution is -2.56. The van der Waals surface area contributed by atoms with Crippen LogP contribution >= 0.6 is 0 Å². The molecule has 2 saturated heterocycles. The van der Waals surface area contributed by atoms with Crippen molar-refractivity contribution in [3.8, 4) is 0 Å². The number of nitrogens with one attached hydrogen (secondary N) is 2. The Hall–Kier alpha value is -2.08. The van der Waals surface area contributed by atoms with Gasteiger partial charge in [0, 0.05) is 19.6 Å². The van der Waals surface area contributed by atoms with Gasteiger partial charge >= 0.3 is 0 Å². The van der Waals surface area contributed by atoms with Crippen LogP contribution in [-0.2, 0) is 23.8 Å². The van der Waals surface area contributed by atoms with Gasteiger partial charge in [-0.2, -0.15) is 0 Å². The topological polar surface area (TPSA) is 152 Å². The molecule has 10 nitrogen and oxygen atoms in total. The third-order valence-corrected chi connectivity index (χ3v) is 7.25. The highest BCUT2D eigenvalue weighted by Crippen LogP contribution is 2.34. The van der Waals surface area contributed by atoms with Gasteiger partial charge in [0.15, 0.2) is 0 Å². The van der Waals surface area contributed by atoms with Crippen LogP contribution in [0.3, 0.4) is 0 Å². The number of allylic oxidation sites excluding steroid dienone is 2. The van der Waals surface area contributed by atoms with Crippen LogP contribution in [0.1, 0.15) is 60.3 Å². The molecule has 2 fully saturated rings. The fraction of sp³-hybridized carbons (Fsp3) is 0.704. The van der Waals surface area contributed by atoms with Crippen molar-refractivity contribution in [1.82, 2.24) is 10.7 Å². The lowest BCUT2D eigenvalue weighted by molar-refractivity contribution is -0.207. The van der Waals surface area contributed by atoms with Gasteiger partial charge in [-0.15, -0.1) is 0 Å². The van der Waals surface area contributed by atoms with E-state index in [2.05, 4.69) is 23.7 Å². The highest BCUT2D eigenvalue weighted by molar-refractivity contribution is 5.87. The number of methoxy groups -OCH3 is 1. The molecule has 37 heavy (non-hydrogen) atoms. The van der Waals surface area contributed by atoms with Crippen LogP contribution in [0.15, 0.2) is 36.0 Å². The molecule has 0 radical (unpaired) electrons. The molecular formula is C27H45N3O7. The van der Waals surface area contributed by atoms with Crippen LogP contribution in [0, 0.1) is 5.92 Å². The number of hydrazine groups is 1. The molecule has 9 atom stereocenters. The largest absolute Gasteiger partial charge is 0.389 e. The highest BCUT2D eigenvalue weighted by Gasteiger charge is 2.46. The second-order valence-electron chi connectivity index (χ2n) is 10.5. The van der Waals surface area contributed by atoms with E-state index in [1.54, 1.807) is 19.9 Å². The third-order valence-electron chi connectivity index (χ3n) is 7.25. The number of aliphatic hydroxyl groups is 2. The van der Waals surface area contributed by atoms with Gasteiger partial charge in [0.1, 0.15) is 12.2 Å². The number of carbonyl (C=O) groups is 2. The molecule has 2 amide bonds. The summed E-state index contributed by atoms with van der Waals surface area (Å²) < 4.78 is 17.8. The van der Waals surface area contributed by atoms with Gasteiger partial charge in [0.05, 0.1) is 42.5 Å². The van der Waals surface area contributed by atoms with Crippen LogP contribution < -0.4 is 16.6 Å². The molecule has 2 aliphatic heterocycles. The fourth-order valence-corrected chi connectivity index (χ4v) is 4.79. The molecule has 2 aliphatic rings. The smallest absolute Gasteiger partial charge is 0.244 e. The van der Waals surface area contributed by atoms with E-state index in [1.807, 2.05) is 19.9 Å². The van der Waals surface area contributed by atoms with E-state index in [4.69, 9.17) is 20.1 Å². The molecule has 2 heterocycles. The van der Waals surface area contributed by atoms with Gasteiger partial charge in [0.2, 0.25) is 11.8 Å². The van der Waals surface area contributed by atoms with Gasteiger partial charge in [0.25, 0.3) is 0 Å². The molecule has 0 saturated carbocycles. The number of carbonyl (C=O) groups excluding carboxylic acids is 2. The molecule has 0 aromatic rings. The zero-order valence-corrected chi connectivity index (χ0v) is 22.8. The molecule has 7 unspecified atom stereocenters. The number of hydrogen-bond acceptors (Lipinski definition) is 8. The summed E-state index contributed by atoms with van der Waals surface area (Å²) in [6.45, 7) is 9.42. The van der Waals surface area contributed by atoms with Gasteiger partial charge in [-0.1, -0.05) is 36.8 Å². The van der Waals surface area contributed by atoms with Crippen LogP contribution in [-0.4, -0.2) is 77.4 Å². The SMILES string of the molecule is COC1(C)C[C@@H](CC(=O)NN)OC(/C=C/C(C)=C/CC2OC(C)C(NC(=O)/C=C\C(C)O)CC2C)[C@H]1O. The molecule has 0 aromatic carbocycles. The lowest BCUT2D eigenvalue weighted by atomic mass is 9.84. The summed E-state index contributed by atoms with van der Waals surface area (Å²) in [5.41, 5.74) is 2.24.